The number of fused-ring (bicyclic) bond motifs is 1. The maximum atomic E-state index is 13.1. The summed E-state index contributed by atoms with van der Waals surface area (Å²) in [6.07, 6.45) is 3.83. The molecule has 24 heavy (non-hydrogen) atoms. The van der Waals surface area contributed by atoms with Gasteiger partial charge in [-0.1, -0.05) is 0 Å². The van der Waals surface area contributed by atoms with Gasteiger partial charge in [0.2, 0.25) is 11.8 Å². The Bertz CT molecular complexity index is 659. The molecule has 3 amide bonds. The fourth-order valence-corrected chi connectivity index (χ4v) is 4.03. The van der Waals surface area contributed by atoms with E-state index in [1.54, 1.807) is 0 Å². The van der Waals surface area contributed by atoms with Crippen LogP contribution in [0.15, 0.2) is 24.3 Å². The summed E-state index contributed by atoms with van der Waals surface area (Å²) in [4.78, 5) is 37.7. The molecule has 1 aromatic carbocycles. The Kier molecular flexibility index (Phi) is 4.64. The number of carbonyl (C=O) groups excluding carboxylic acids is 3. The first-order valence-corrected chi connectivity index (χ1v) is 8.36. The molecule has 0 bridgehead atoms. The number of halogens is 1. The summed E-state index contributed by atoms with van der Waals surface area (Å²) in [6, 6.07) is 5.05. The van der Waals surface area contributed by atoms with E-state index in [2.05, 4.69) is 0 Å². The van der Waals surface area contributed by atoms with Gasteiger partial charge in [0, 0.05) is 24.4 Å². The third-order valence-electron chi connectivity index (χ3n) is 5.19. The fraction of sp³-hybridized carbons (Fsp3) is 0.500. The predicted octanol–water partition coefficient (Wildman–Crippen LogP) is 2.25. The lowest BCUT2D eigenvalue weighted by Gasteiger charge is -2.45. The second-order valence-electron chi connectivity index (χ2n) is 6.79. The van der Waals surface area contributed by atoms with Crippen LogP contribution in [0.5, 0.6) is 0 Å². The van der Waals surface area contributed by atoms with E-state index in [0.29, 0.717) is 18.4 Å². The van der Waals surface area contributed by atoms with Gasteiger partial charge in [-0.25, -0.2) is 4.39 Å². The number of benzene rings is 1. The van der Waals surface area contributed by atoms with E-state index in [-0.39, 0.29) is 42.0 Å². The van der Waals surface area contributed by atoms with E-state index in [0.717, 1.165) is 19.3 Å². The maximum Gasteiger partial charge on any atom is 0.260 e. The van der Waals surface area contributed by atoms with Crippen LogP contribution < -0.4 is 5.73 Å². The standard InChI is InChI=1S/C18H21FN2O3/c19-14-6-3-13(4-7-14)18(24)21-15-9-11(10-16(20)22)1-2-12(15)5-8-17(21)23/h3-4,6-7,11-12,15H,1-2,5,8-10H2,(H2,20,22). The highest BCUT2D eigenvalue weighted by Crippen LogP contribution is 2.40. The average Bonchev–Trinajstić information content (AvgIpc) is 2.54. The SMILES string of the molecule is NC(=O)CC1CCC2CCC(=O)N(C(=O)c3ccc(F)cc3)C2C1. The minimum atomic E-state index is -0.423. The van der Waals surface area contributed by atoms with Crippen molar-refractivity contribution in [2.45, 2.75) is 44.6 Å². The van der Waals surface area contributed by atoms with Crippen LogP contribution in [0.3, 0.4) is 0 Å². The number of carbonyl (C=O) groups is 3. The van der Waals surface area contributed by atoms with Crippen molar-refractivity contribution in [2.75, 3.05) is 0 Å². The molecule has 128 valence electrons. The number of likely N-dealkylation sites (tertiary alicyclic amines) is 1. The third kappa shape index (κ3) is 3.32. The highest BCUT2D eigenvalue weighted by atomic mass is 19.1. The van der Waals surface area contributed by atoms with E-state index in [1.807, 2.05) is 0 Å². The summed E-state index contributed by atoms with van der Waals surface area (Å²) in [6.45, 7) is 0. The summed E-state index contributed by atoms with van der Waals surface area (Å²) in [5.41, 5.74) is 5.60. The minimum Gasteiger partial charge on any atom is -0.370 e. The van der Waals surface area contributed by atoms with Gasteiger partial charge in [0.15, 0.2) is 0 Å². The summed E-state index contributed by atoms with van der Waals surface area (Å²) in [7, 11) is 0. The minimum absolute atomic E-state index is 0.109. The maximum absolute atomic E-state index is 13.1. The number of nitrogens with two attached hydrogens (primary N) is 1. The highest BCUT2D eigenvalue weighted by Gasteiger charge is 2.43. The molecule has 1 aliphatic heterocycles. The second kappa shape index (κ2) is 6.71. The van der Waals surface area contributed by atoms with Gasteiger partial charge in [0.25, 0.3) is 5.91 Å². The molecule has 3 atom stereocenters. The molecule has 1 aliphatic carbocycles. The Balaban J connectivity index is 1.83. The lowest BCUT2D eigenvalue weighted by Crippen LogP contribution is -2.54. The molecule has 6 heteroatoms. The number of rotatable bonds is 3. The molecule has 0 aromatic heterocycles. The van der Waals surface area contributed by atoms with Crippen molar-refractivity contribution in [1.82, 2.24) is 4.90 Å². The van der Waals surface area contributed by atoms with Gasteiger partial charge in [0.1, 0.15) is 5.82 Å². The van der Waals surface area contributed by atoms with Crippen molar-refractivity contribution in [3.63, 3.8) is 0 Å². The Morgan fingerprint density at radius 2 is 1.88 bits per heavy atom. The van der Waals surface area contributed by atoms with Crippen LogP contribution >= 0.6 is 0 Å². The van der Waals surface area contributed by atoms with E-state index >= 15 is 0 Å². The molecule has 3 unspecified atom stereocenters. The van der Waals surface area contributed by atoms with Crippen molar-refractivity contribution >= 4 is 17.7 Å². The van der Waals surface area contributed by atoms with Crippen LogP contribution in [0.2, 0.25) is 0 Å². The van der Waals surface area contributed by atoms with Crippen LogP contribution in [-0.4, -0.2) is 28.7 Å². The largest absolute Gasteiger partial charge is 0.370 e. The lowest BCUT2D eigenvalue weighted by atomic mass is 9.72. The molecule has 0 spiro atoms. The molecule has 3 rings (SSSR count). The zero-order chi connectivity index (χ0) is 17.3. The van der Waals surface area contributed by atoms with Gasteiger partial charge in [-0.15, -0.1) is 0 Å². The first kappa shape index (κ1) is 16.6. The van der Waals surface area contributed by atoms with E-state index in [9.17, 15) is 18.8 Å². The summed E-state index contributed by atoms with van der Waals surface area (Å²) >= 11 is 0. The van der Waals surface area contributed by atoms with Crippen LogP contribution in [0, 0.1) is 17.7 Å². The second-order valence-corrected chi connectivity index (χ2v) is 6.79. The smallest absolute Gasteiger partial charge is 0.260 e. The molecule has 2 aliphatic rings. The van der Waals surface area contributed by atoms with Crippen LogP contribution in [0.25, 0.3) is 0 Å². The Morgan fingerprint density at radius 3 is 2.54 bits per heavy atom. The topological polar surface area (TPSA) is 80.5 Å². The van der Waals surface area contributed by atoms with Gasteiger partial charge in [0.05, 0.1) is 0 Å². The molecule has 1 saturated carbocycles. The molecule has 0 radical (unpaired) electrons. The normalized spacial score (nSPS) is 26.8. The van der Waals surface area contributed by atoms with Crippen molar-refractivity contribution in [2.24, 2.45) is 17.6 Å². The van der Waals surface area contributed by atoms with Crippen LogP contribution in [0.1, 0.15) is 48.9 Å². The first-order chi connectivity index (χ1) is 11.5. The highest BCUT2D eigenvalue weighted by molar-refractivity contribution is 6.05. The molecule has 2 N–H and O–H groups in total. The summed E-state index contributed by atoms with van der Waals surface area (Å²) < 4.78 is 13.1. The molecule has 5 nitrogen and oxygen atoms in total. The first-order valence-electron chi connectivity index (χ1n) is 8.36. The number of amides is 3. The number of piperidine rings is 1. The van der Waals surface area contributed by atoms with Gasteiger partial charge in [-0.2, -0.15) is 0 Å². The van der Waals surface area contributed by atoms with E-state index < -0.39 is 5.82 Å². The molecular weight excluding hydrogens is 311 g/mol. The van der Waals surface area contributed by atoms with Crippen molar-refractivity contribution < 1.29 is 18.8 Å². The van der Waals surface area contributed by atoms with Crippen molar-refractivity contribution in [3.8, 4) is 0 Å². The Labute approximate surface area is 140 Å². The van der Waals surface area contributed by atoms with Crippen molar-refractivity contribution in [3.05, 3.63) is 35.6 Å². The monoisotopic (exact) mass is 332 g/mol. The Hall–Kier alpha value is -2.24. The summed E-state index contributed by atoms with van der Waals surface area (Å²) in [5.74, 6) is -0.959. The van der Waals surface area contributed by atoms with Crippen molar-refractivity contribution in [1.29, 1.82) is 0 Å². The predicted molar refractivity (Wildman–Crippen MR) is 85.2 cm³/mol. The molecule has 1 saturated heterocycles. The molecular formula is C18H21FN2O3. The quantitative estimate of drug-likeness (QED) is 0.862. The van der Waals surface area contributed by atoms with Gasteiger partial charge in [-0.05, 0) is 61.8 Å². The number of nitrogens with zero attached hydrogens (tertiary/aromatic N) is 1. The van der Waals surface area contributed by atoms with E-state index in [1.165, 1.54) is 29.2 Å². The van der Waals surface area contributed by atoms with Gasteiger partial charge >= 0.3 is 0 Å². The lowest BCUT2D eigenvalue weighted by molar-refractivity contribution is -0.136. The number of hydrogen-bond donors (Lipinski definition) is 1. The third-order valence-corrected chi connectivity index (χ3v) is 5.19. The van der Waals surface area contributed by atoms with Crippen LogP contribution in [-0.2, 0) is 9.59 Å². The summed E-state index contributed by atoms with van der Waals surface area (Å²) in [5, 5.41) is 0. The number of hydrogen-bond acceptors (Lipinski definition) is 3. The molecule has 2 fully saturated rings. The number of imide groups is 1. The Morgan fingerprint density at radius 1 is 1.17 bits per heavy atom. The van der Waals surface area contributed by atoms with E-state index in [4.69, 9.17) is 5.73 Å². The fourth-order valence-electron chi connectivity index (χ4n) is 4.03. The zero-order valence-corrected chi connectivity index (χ0v) is 13.4. The molecule has 1 heterocycles. The van der Waals surface area contributed by atoms with Crippen LogP contribution in [0.4, 0.5) is 4.39 Å². The van der Waals surface area contributed by atoms with Gasteiger partial charge < -0.3 is 5.73 Å². The number of primary amides is 1. The zero-order valence-electron chi connectivity index (χ0n) is 13.4. The van der Waals surface area contributed by atoms with Gasteiger partial charge in [-0.3, -0.25) is 19.3 Å². The molecule has 1 aromatic rings. The average molecular weight is 332 g/mol.